The first-order valence-corrected chi connectivity index (χ1v) is 19.1. The predicted molar refractivity (Wildman–Crippen MR) is 213 cm³/mol. The van der Waals surface area contributed by atoms with Crippen molar-refractivity contribution in [1.82, 2.24) is 18.9 Å². The van der Waals surface area contributed by atoms with Gasteiger partial charge in [0, 0.05) is 64.7 Å². The van der Waals surface area contributed by atoms with Crippen molar-refractivity contribution in [3.8, 4) is 16.9 Å². The van der Waals surface area contributed by atoms with Crippen molar-refractivity contribution in [2.75, 3.05) is 31.3 Å². The van der Waals surface area contributed by atoms with Crippen molar-refractivity contribution in [2.24, 2.45) is 13.0 Å². The molecule has 1 fully saturated rings. The van der Waals surface area contributed by atoms with Crippen molar-refractivity contribution in [2.45, 2.75) is 60.0 Å². The predicted octanol–water partition coefficient (Wildman–Crippen LogP) is 9.11. The average molecular weight is 769 g/mol. The van der Waals surface area contributed by atoms with Gasteiger partial charge in [-0.05, 0) is 94.5 Å². The molecule has 0 unspecified atom stereocenters. The first-order valence-electron chi connectivity index (χ1n) is 18.4. The lowest BCUT2D eigenvalue weighted by molar-refractivity contribution is -0.0391. The Kier molecular flexibility index (Phi) is 9.27. The van der Waals surface area contributed by atoms with Gasteiger partial charge in [-0.3, -0.25) is 9.48 Å². The zero-order valence-corrected chi connectivity index (χ0v) is 32.8. The smallest absolute Gasteiger partial charge is 0.352 e. The van der Waals surface area contributed by atoms with E-state index in [4.69, 9.17) is 37.8 Å². The molecule has 2 aliphatic heterocycles. The molecule has 0 bridgehead atoms. The Balaban J connectivity index is 1.27. The highest BCUT2D eigenvalue weighted by Gasteiger charge is 2.38. The molecule has 0 saturated carbocycles. The second-order valence-electron chi connectivity index (χ2n) is 14.8. The third-order valence-electron chi connectivity index (χ3n) is 11.1. The summed E-state index contributed by atoms with van der Waals surface area (Å²) in [5, 5.41) is 18.0. The van der Waals surface area contributed by atoms with Gasteiger partial charge < -0.3 is 28.6 Å². The zero-order chi connectivity index (χ0) is 38.2. The van der Waals surface area contributed by atoms with E-state index in [1.54, 1.807) is 6.07 Å². The van der Waals surface area contributed by atoms with Gasteiger partial charge in [0.05, 0.1) is 47.3 Å². The number of halogens is 2. The van der Waals surface area contributed by atoms with E-state index in [0.29, 0.717) is 62.2 Å². The van der Waals surface area contributed by atoms with E-state index in [-0.39, 0.29) is 23.6 Å². The van der Waals surface area contributed by atoms with Crippen molar-refractivity contribution < 1.29 is 24.2 Å². The second kappa shape index (κ2) is 13.8. The minimum absolute atomic E-state index is 0.144. The Hall–Kier alpha value is -4.77. The third kappa shape index (κ3) is 5.86. The van der Waals surface area contributed by atoms with Gasteiger partial charge in [-0.2, -0.15) is 5.10 Å². The van der Waals surface area contributed by atoms with E-state index in [1.807, 2.05) is 91.4 Å². The highest BCUT2D eigenvalue weighted by molar-refractivity contribution is 6.35. The van der Waals surface area contributed by atoms with Gasteiger partial charge in [-0.25, -0.2) is 4.79 Å². The summed E-state index contributed by atoms with van der Waals surface area (Å²) in [5.41, 5.74) is 9.66. The molecular weight excluding hydrogens is 725 g/mol. The first kappa shape index (κ1) is 36.2. The Bertz CT molecular complexity index is 2480. The molecular formula is C42H43Cl2N5O5. The maximum atomic E-state index is 15.2. The van der Waals surface area contributed by atoms with Crippen molar-refractivity contribution in [3.05, 3.63) is 98.0 Å². The summed E-state index contributed by atoms with van der Waals surface area (Å²) in [7, 11) is 1.93. The number of nitrogens with zero attached hydrogens (tertiary/aromatic N) is 5. The summed E-state index contributed by atoms with van der Waals surface area (Å²) in [6.45, 7) is 12.6. The molecule has 1 atom stereocenters. The minimum Gasteiger partial charge on any atom is -0.494 e. The first-order chi connectivity index (χ1) is 25.8. The highest BCUT2D eigenvalue weighted by atomic mass is 35.5. The van der Waals surface area contributed by atoms with Crippen LogP contribution in [0.3, 0.4) is 0 Å². The van der Waals surface area contributed by atoms with E-state index < -0.39 is 5.97 Å². The molecule has 54 heavy (non-hydrogen) atoms. The fourth-order valence-corrected chi connectivity index (χ4v) is 8.83. The van der Waals surface area contributed by atoms with Gasteiger partial charge in [0.1, 0.15) is 17.1 Å². The Morgan fingerprint density at radius 3 is 2.41 bits per heavy atom. The van der Waals surface area contributed by atoms with Crippen LogP contribution in [0.4, 0.5) is 5.69 Å². The van der Waals surface area contributed by atoms with Gasteiger partial charge in [-0.15, -0.1) is 0 Å². The number of benzene rings is 3. The number of anilines is 1. The quantitative estimate of drug-likeness (QED) is 0.140. The zero-order valence-electron chi connectivity index (χ0n) is 31.3. The molecule has 6 aromatic rings. The number of aryl methyl sites for hydroxylation is 5. The Labute approximate surface area is 323 Å². The van der Waals surface area contributed by atoms with Crippen LogP contribution in [0.1, 0.15) is 68.4 Å². The molecule has 8 rings (SSSR count). The number of carbonyl (C=O) groups excluding carboxylic acids is 1. The van der Waals surface area contributed by atoms with Crippen molar-refractivity contribution in [1.29, 1.82) is 0 Å². The number of aromatic nitrogens is 4. The minimum atomic E-state index is -1.00. The number of fused-ring (bicyclic) bond motifs is 4. The van der Waals surface area contributed by atoms with E-state index in [1.165, 1.54) is 0 Å². The summed E-state index contributed by atoms with van der Waals surface area (Å²) in [4.78, 5) is 29.6. The van der Waals surface area contributed by atoms with Gasteiger partial charge in [0.15, 0.2) is 0 Å². The summed E-state index contributed by atoms with van der Waals surface area (Å²) >= 11 is 13.5. The average Bonchev–Trinajstić information content (AvgIpc) is 3.74. The van der Waals surface area contributed by atoms with Crippen molar-refractivity contribution in [3.63, 3.8) is 0 Å². The van der Waals surface area contributed by atoms with Crippen LogP contribution >= 0.6 is 23.2 Å². The molecule has 280 valence electrons. The molecule has 0 aliphatic carbocycles. The lowest BCUT2D eigenvalue weighted by Gasteiger charge is -2.35. The number of para-hydroxylation sites is 1. The second-order valence-corrected chi connectivity index (χ2v) is 15.6. The van der Waals surface area contributed by atoms with Crippen LogP contribution in [0.2, 0.25) is 10.0 Å². The number of carboxylic acid groups (broad SMARTS) is 1. The number of hydrogen-bond donors (Lipinski definition) is 1. The van der Waals surface area contributed by atoms with E-state index in [9.17, 15) is 9.90 Å². The molecule has 12 heteroatoms. The third-order valence-corrected chi connectivity index (χ3v) is 12.0. The topological polar surface area (TPSA) is 104 Å². The lowest BCUT2D eigenvalue weighted by Crippen LogP contribution is -2.43. The van der Waals surface area contributed by atoms with Crippen LogP contribution in [0.15, 0.2) is 48.5 Å². The Morgan fingerprint density at radius 1 is 1.02 bits per heavy atom. The summed E-state index contributed by atoms with van der Waals surface area (Å²) in [5.74, 6) is -0.192. The molecule has 1 saturated heterocycles. The number of aromatic carboxylic acids is 1. The fourth-order valence-electron chi connectivity index (χ4n) is 8.47. The van der Waals surface area contributed by atoms with Crippen LogP contribution in [0.25, 0.3) is 32.9 Å². The maximum absolute atomic E-state index is 15.2. The highest BCUT2D eigenvalue weighted by Crippen LogP contribution is 2.46. The Morgan fingerprint density at radius 2 is 1.76 bits per heavy atom. The van der Waals surface area contributed by atoms with Gasteiger partial charge >= 0.3 is 5.97 Å². The molecule has 5 heterocycles. The van der Waals surface area contributed by atoms with Crippen molar-refractivity contribution >= 4 is 62.6 Å². The van der Waals surface area contributed by atoms with E-state index in [2.05, 4.69) is 11.5 Å². The lowest BCUT2D eigenvalue weighted by atomic mass is 9.98. The van der Waals surface area contributed by atoms with Crippen LogP contribution in [-0.2, 0) is 24.8 Å². The van der Waals surface area contributed by atoms with Gasteiger partial charge in [-0.1, -0.05) is 41.4 Å². The van der Waals surface area contributed by atoms with Crippen LogP contribution < -0.4 is 9.64 Å². The largest absolute Gasteiger partial charge is 0.494 e. The van der Waals surface area contributed by atoms with Crippen LogP contribution in [0.5, 0.6) is 5.75 Å². The SMILES string of the molecule is Cc1cc(OCCCc2c3n(c4c(-c5c(C)nn(C)c5C)c(Cl)ccc24)[C@H](C)CN(c2cccc4cc(C(=O)O)n(CC5COC5)c24)C3=O)cc(C)c1Cl. The summed E-state index contributed by atoms with van der Waals surface area (Å²) < 4.78 is 17.6. The molecule has 0 spiro atoms. The fraction of sp³-hybridized carbons (Fsp3) is 0.357. The van der Waals surface area contributed by atoms with Gasteiger partial charge in [0.25, 0.3) is 5.91 Å². The normalized spacial score (nSPS) is 16.0. The van der Waals surface area contributed by atoms with E-state index in [0.717, 1.165) is 71.8 Å². The number of hydrogen-bond acceptors (Lipinski definition) is 5. The number of rotatable bonds is 10. The molecule has 2 aliphatic rings. The number of carbonyl (C=O) groups is 2. The molecule has 10 nitrogen and oxygen atoms in total. The molecule has 1 N–H and O–H groups in total. The maximum Gasteiger partial charge on any atom is 0.352 e. The van der Waals surface area contributed by atoms with E-state index >= 15 is 4.79 Å². The summed E-state index contributed by atoms with van der Waals surface area (Å²) in [6, 6.07) is 15.1. The van der Waals surface area contributed by atoms with Gasteiger partial charge in [0.2, 0.25) is 0 Å². The number of carboxylic acids is 1. The standard InChI is InChI=1S/C42H43Cl2N5O5/c1-22-15-29(16-23(2)37(22)44)54-14-8-10-30-31-12-13-32(43)36(35-25(4)45-46(6)26(35)5)39(31)49-24(3)18-48(41(50)40(30)49)33-11-7-9-28-17-34(42(51)52)47(38(28)33)19-27-20-53-21-27/h7,9,11-13,15-17,24,27H,8,10,14,18-21H2,1-6H3,(H,51,52)/t24-/m1/s1. The summed E-state index contributed by atoms with van der Waals surface area (Å²) in [6.07, 6.45) is 1.23. The number of amides is 1. The molecule has 0 radical (unpaired) electrons. The van der Waals surface area contributed by atoms with Crippen LogP contribution in [0, 0.1) is 33.6 Å². The monoisotopic (exact) mass is 767 g/mol. The molecule has 1 amide bonds. The number of ether oxygens (including phenoxy) is 2. The van der Waals surface area contributed by atoms with Crippen LogP contribution in [-0.4, -0.2) is 62.3 Å². The molecule has 3 aromatic carbocycles. The molecule has 3 aromatic heterocycles.